The van der Waals surface area contributed by atoms with Crippen molar-refractivity contribution in [2.75, 3.05) is 0 Å². The number of hydrogen-bond acceptors (Lipinski definition) is 1. The minimum Gasteiger partial charge on any atom is -0.463 e. The second-order valence-electron chi connectivity index (χ2n) is 2.17. The summed E-state index contributed by atoms with van der Waals surface area (Å²) in [7, 11) is 0. The molecule has 0 aromatic heterocycles. The number of carboxylic acid groups (broad SMARTS) is 1. The molecule has 50 valence electrons. The molecule has 0 aliphatic heterocycles. The second kappa shape index (κ2) is 2.62. The van der Waals surface area contributed by atoms with Crippen molar-refractivity contribution in [2.45, 2.75) is 25.7 Å². The van der Waals surface area contributed by atoms with Gasteiger partial charge in [-0.3, -0.25) is 0 Å². The van der Waals surface area contributed by atoms with E-state index >= 15 is 0 Å². The van der Waals surface area contributed by atoms with Gasteiger partial charge >= 0.3 is 6.09 Å². The van der Waals surface area contributed by atoms with Crippen LogP contribution < -0.4 is 0 Å². The normalized spacial score (nSPS) is 18.0. The smallest absolute Gasteiger partial charge is 0.431 e. The Morgan fingerprint density at radius 2 is 2.00 bits per heavy atom. The van der Waals surface area contributed by atoms with Crippen molar-refractivity contribution in [2.24, 2.45) is 4.99 Å². The first-order chi connectivity index (χ1) is 4.29. The summed E-state index contributed by atoms with van der Waals surface area (Å²) < 4.78 is 0. The summed E-state index contributed by atoms with van der Waals surface area (Å²) >= 11 is 0. The minimum atomic E-state index is -1.05. The van der Waals surface area contributed by atoms with Crippen LogP contribution in [0.25, 0.3) is 0 Å². The highest BCUT2D eigenvalue weighted by atomic mass is 16.4. The largest absolute Gasteiger partial charge is 0.463 e. The van der Waals surface area contributed by atoms with Crippen LogP contribution in [0, 0.1) is 0 Å². The second-order valence-corrected chi connectivity index (χ2v) is 2.17. The third-order valence-electron chi connectivity index (χ3n) is 1.43. The highest BCUT2D eigenvalue weighted by molar-refractivity contribution is 5.93. The SMILES string of the molecule is O=C(O)N=C1CCCC1. The Morgan fingerprint density at radius 3 is 2.44 bits per heavy atom. The van der Waals surface area contributed by atoms with Crippen LogP contribution in [0.2, 0.25) is 0 Å². The molecule has 1 aliphatic carbocycles. The van der Waals surface area contributed by atoms with E-state index in [1.54, 1.807) is 0 Å². The summed E-state index contributed by atoms with van der Waals surface area (Å²) in [4.78, 5) is 13.4. The van der Waals surface area contributed by atoms with Gasteiger partial charge in [-0.25, -0.2) is 4.79 Å². The molecule has 1 saturated carbocycles. The predicted molar refractivity (Wildman–Crippen MR) is 33.9 cm³/mol. The van der Waals surface area contributed by atoms with Crippen LogP contribution in [-0.2, 0) is 0 Å². The summed E-state index contributed by atoms with van der Waals surface area (Å²) in [5.41, 5.74) is 0.850. The van der Waals surface area contributed by atoms with Gasteiger partial charge in [0.15, 0.2) is 0 Å². The maximum atomic E-state index is 9.97. The Morgan fingerprint density at radius 1 is 1.44 bits per heavy atom. The average Bonchev–Trinajstić information content (AvgIpc) is 2.15. The third kappa shape index (κ3) is 1.83. The molecular formula is C6H9NO2. The van der Waals surface area contributed by atoms with Gasteiger partial charge < -0.3 is 5.11 Å². The van der Waals surface area contributed by atoms with E-state index in [0.29, 0.717) is 0 Å². The molecule has 0 heterocycles. The van der Waals surface area contributed by atoms with Gasteiger partial charge in [0.1, 0.15) is 0 Å². The highest BCUT2D eigenvalue weighted by Gasteiger charge is 2.08. The number of nitrogens with zero attached hydrogens (tertiary/aromatic N) is 1. The molecule has 0 spiro atoms. The van der Waals surface area contributed by atoms with Crippen LogP contribution in [0.15, 0.2) is 4.99 Å². The molecule has 3 heteroatoms. The van der Waals surface area contributed by atoms with Crippen molar-refractivity contribution in [3.05, 3.63) is 0 Å². The van der Waals surface area contributed by atoms with Gasteiger partial charge in [0.05, 0.1) is 0 Å². The van der Waals surface area contributed by atoms with E-state index in [0.717, 1.165) is 31.4 Å². The van der Waals surface area contributed by atoms with Gasteiger partial charge in [-0.15, -0.1) is 0 Å². The molecule has 0 atom stereocenters. The molecule has 1 fully saturated rings. The van der Waals surface area contributed by atoms with E-state index in [1.807, 2.05) is 0 Å². The number of amides is 1. The lowest BCUT2D eigenvalue weighted by atomic mass is 10.3. The first-order valence-electron chi connectivity index (χ1n) is 3.08. The van der Waals surface area contributed by atoms with E-state index in [1.165, 1.54) is 0 Å². The molecule has 0 aromatic rings. The molecule has 0 aromatic carbocycles. The Hall–Kier alpha value is -0.860. The highest BCUT2D eigenvalue weighted by Crippen LogP contribution is 2.14. The van der Waals surface area contributed by atoms with Gasteiger partial charge in [-0.1, -0.05) is 0 Å². The summed E-state index contributed by atoms with van der Waals surface area (Å²) in [6.45, 7) is 0. The number of rotatable bonds is 0. The average molecular weight is 127 g/mol. The fourth-order valence-corrected chi connectivity index (χ4v) is 1.03. The predicted octanol–water partition coefficient (Wildman–Crippen LogP) is 1.68. The zero-order valence-electron chi connectivity index (χ0n) is 5.13. The molecule has 0 saturated heterocycles. The van der Waals surface area contributed by atoms with Crippen molar-refractivity contribution < 1.29 is 9.90 Å². The Kier molecular flexibility index (Phi) is 1.82. The van der Waals surface area contributed by atoms with Crippen molar-refractivity contribution in [1.82, 2.24) is 0 Å². The molecule has 1 N–H and O–H groups in total. The molecule has 1 amide bonds. The van der Waals surface area contributed by atoms with E-state index in [-0.39, 0.29) is 0 Å². The van der Waals surface area contributed by atoms with E-state index < -0.39 is 6.09 Å². The molecule has 1 aliphatic rings. The zero-order valence-corrected chi connectivity index (χ0v) is 5.13. The molecular weight excluding hydrogens is 118 g/mol. The fraction of sp³-hybridized carbons (Fsp3) is 0.667. The minimum absolute atomic E-state index is 0.850. The monoisotopic (exact) mass is 127 g/mol. The van der Waals surface area contributed by atoms with Gasteiger partial charge in [-0.05, 0) is 25.7 Å². The topological polar surface area (TPSA) is 49.7 Å². The zero-order chi connectivity index (χ0) is 6.69. The molecule has 0 unspecified atom stereocenters. The first-order valence-corrected chi connectivity index (χ1v) is 3.08. The first kappa shape index (κ1) is 6.26. The molecule has 1 rings (SSSR count). The summed E-state index contributed by atoms with van der Waals surface area (Å²) in [5, 5.41) is 8.19. The Bertz CT molecular complexity index is 143. The van der Waals surface area contributed by atoms with Gasteiger partial charge in [-0.2, -0.15) is 4.99 Å². The number of aliphatic imine (C=N–C) groups is 1. The lowest BCUT2D eigenvalue weighted by Gasteiger charge is -1.86. The maximum Gasteiger partial charge on any atom is 0.431 e. The van der Waals surface area contributed by atoms with Crippen molar-refractivity contribution >= 4 is 11.8 Å². The summed E-state index contributed by atoms with van der Waals surface area (Å²) in [5.74, 6) is 0. The fourth-order valence-electron chi connectivity index (χ4n) is 1.03. The summed E-state index contributed by atoms with van der Waals surface area (Å²) in [6, 6.07) is 0. The Labute approximate surface area is 53.4 Å². The van der Waals surface area contributed by atoms with Crippen LogP contribution in [0.1, 0.15) is 25.7 Å². The van der Waals surface area contributed by atoms with E-state index in [4.69, 9.17) is 5.11 Å². The standard InChI is InChI=1S/C6H9NO2/c8-6(9)7-5-3-1-2-4-5/h1-4H2,(H,8,9). The van der Waals surface area contributed by atoms with Crippen LogP contribution in [0.5, 0.6) is 0 Å². The lowest BCUT2D eigenvalue weighted by Crippen LogP contribution is -1.94. The van der Waals surface area contributed by atoms with Gasteiger partial charge in [0, 0.05) is 5.71 Å². The molecule has 0 bridgehead atoms. The quantitative estimate of drug-likeness (QED) is 0.538. The van der Waals surface area contributed by atoms with Crippen LogP contribution in [0.4, 0.5) is 4.79 Å². The van der Waals surface area contributed by atoms with E-state index in [9.17, 15) is 4.79 Å². The van der Waals surface area contributed by atoms with Gasteiger partial charge in [0.25, 0.3) is 0 Å². The maximum absolute atomic E-state index is 9.97. The van der Waals surface area contributed by atoms with Crippen molar-refractivity contribution in [3.8, 4) is 0 Å². The number of hydrogen-bond donors (Lipinski definition) is 1. The molecule has 3 nitrogen and oxygen atoms in total. The lowest BCUT2D eigenvalue weighted by molar-refractivity contribution is 0.205. The third-order valence-corrected chi connectivity index (χ3v) is 1.43. The van der Waals surface area contributed by atoms with Crippen LogP contribution in [0.3, 0.4) is 0 Å². The van der Waals surface area contributed by atoms with Crippen LogP contribution >= 0.6 is 0 Å². The van der Waals surface area contributed by atoms with Crippen molar-refractivity contribution in [3.63, 3.8) is 0 Å². The molecule has 0 radical (unpaired) electrons. The summed E-state index contributed by atoms with van der Waals surface area (Å²) in [6.07, 6.45) is 2.92. The Balaban J connectivity index is 2.49. The van der Waals surface area contributed by atoms with E-state index in [2.05, 4.69) is 4.99 Å². The van der Waals surface area contributed by atoms with Crippen LogP contribution in [-0.4, -0.2) is 16.9 Å². The van der Waals surface area contributed by atoms with Gasteiger partial charge in [0.2, 0.25) is 0 Å². The molecule has 9 heavy (non-hydrogen) atoms. The number of carbonyl (C=O) groups is 1. The van der Waals surface area contributed by atoms with Crippen molar-refractivity contribution in [1.29, 1.82) is 0 Å².